The van der Waals surface area contributed by atoms with Crippen molar-refractivity contribution in [2.45, 2.75) is 32.7 Å². The first-order valence-corrected chi connectivity index (χ1v) is 6.07. The van der Waals surface area contributed by atoms with Crippen LogP contribution in [0.1, 0.15) is 34.6 Å². The fourth-order valence-corrected chi connectivity index (χ4v) is 2.57. The van der Waals surface area contributed by atoms with Crippen molar-refractivity contribution in [3.8, 4) is 0 Å². The first kappa shape index (κ1) is 12.1. The van der Waals surface area contributed by atoms with Crippen molar-refractivity contribution >= 4 is 5.91 Å². The van der Waals surface area contributed by atoms with Gasteiger partial charge in [0, 0.05) is 31.9 Å². The van der Waals surface area contributed by atoms with E-state index in [2.05, 4.69) is 5.10 Å². The zero-order valence-electron chi connectivity index (χ0n) is 10.7. The predicted octanol–water partition coefficient (Wildman–Crippen LogP) is 0.600. The molecule has 0 aromatic carbocycles. The molecule has 5 heteroatoms. The molecule has 17 heavy (non-hydrogen) atoms. The van der Waals surface area contributed by atoms with Crippen LogP contribution in [0.15, 0.2) is 0 Å². The molecular weight excluding hydrogens is 216 g/mol. The molecule has 1 atom stereocenters. The molecule has 5 nitrogen and oxygen atoms in total. The predicted molar refractivity (Wildman–Crippen MR) is 65.8 cm³/mol. The standard InChI is InChI=1S/C12H20N4O/c1-8-11(9(2)15(3)14-8)12(17)16-6-4-5-10(16)7-13/h10H,4-7,13H2,1-3H3. The average molecular weight is 236 g/mol. The minimum atomic E-state index is 0.0843. The van der Waals surface area contributed by atoms with E-state index in [9.17, 15) is 4.79 Å². The highest BCUT2D eigenvalue weighted by molar-refractivity contribution is 5.96. The molecule has 2 heterocycles. The lowest BCUT2D eigenvalue weighted by Gasteiger charge is -2.23. The van der Waals surface area contributed by atoms with E-state index in [4.69, 9.17) is 5.73 Å². The summed E-state index contributed by atoms with van der Waals surface area (Å²) in [4.78, 5) is 14.4. The lowest BCUT2D eigenvalue weighted by atomic mass is 10.1. The van der Waals surface area contributed by atoms with Gasteiger partial charge in [-0.05, 0) is 26.7 Å². The van der Waals surface area contributed by atoms with E-state index in [0.717, 1.165) is 36.3 Å². The molecule has 1 aromatic rings. The summed E-state index contributed by atoms with van der Waals surface area (Å²) in [5.41, 5.74) is 8.18. The zero-order chi connectivity index (χ0) is 12.6. The highest BCUT2D eigenvalue weighted by Crippen LogP contribution is 2.22. The Labute approximate surface area is 102 Å². The molecule has 94 valence electrons. The Balaban J connectivity index is 2.31. The van der Waals surface area contributed by atoms with E-state index in [-0.39, 0.29) is 11.9 Å². The molecule has 0 spiro atoms. The summed E-state index contributed by atoms with van der Waals surface area (Å²) in [5, 5.41) is 4.29. The third-order valence-electron chi connectivity index (χ3n) is 3.63. The molecule has 1 fully saturated rings. The van der Waals surface area contributed by atoms with Crippen molar-refractivity contribution in [1.82, 2.24) is 14.7 Å². The molecule has 1 aliphatic heterocycles. The molecule has 1 amide bonds. The van der Waals surface area contributed by atoms with Crippen LogP contribution in [0.2, 0.25) is 0 Å². The summed E-state index contributed by atoms with van der Waals surface area (Å²) in [5.74, 6) is 0.0843. The SMILES string of the molecule is Cc1nn(C)c(C)c1C(=O)N1CCCC1CN. The van der Waals surface area contributed by atoms with Crippen LogP contribution in [0.3, 0.4) is 0 Å². The van der Waals surface area contributed by atoms with Gasteiger partial charge >= 0.3 is 0 Å². The number of amides is 1. The summed E-state index contributed by atoms with van der Waals surface area (Å²) in [6.07, 6.45) is 2.06. The largest absolute Gasteiger partial charge is 0.334 e. The van der Waals surface area contributed by atoms with Crippen LogP contribution in [0.4, 0.5) is 0 Å². The zero-order valence-corrected chi connectivity index (χ0v) is 10.7. The van der Waals surface area contributed by atoms with Gasteiger partial charge in [-0.15, -0.1) is 0 Å². The molecule has 0 saturated carbocycles. The quantitative estimate of drug-likeness (QED) is 0.818. The first-order valence-electron chi connectivity index (χ1n) is 6.07. The summed E-state index contributed by atoms with van der Waals surface area (Å²) >= 11 is 0. The van der Waals surface area contributed by atoms with Crippen molar-refractivity contribution in [2.24, 2.45) is 12.8 Å². The minimum absolute atomic E-state index is 0.0843. The van der Waals surface area contributed by atoms with Crippen LogP contribution < -0.4 is 5.73 Å². The monoisotopic (exact) mass is 236 g/mol. The van der Waals surface area contributed by atoms with Crippen molar-refractivity contribution in [3.63, 3.8) is 0 Å². The van der Waals surface area contributed by atoms with Crippen molar-refractivity contribution in [3.05, 3.63) is 17.0 Å². The van der Waals surface area contributed by atoms with Gasteiger partial charge in [0.25, 0.3) is 5.91 Å². The van der Waals surface area contributed by atoms with Gasteiger partial charge in [0.1, 0.15) is 0 Å². The van der Waals surface area contributed by atoms with Crippen LogP contribution >= 0.6 is 0 Å². The van der Waals surface area contributed by atoms with Crippen LogP contribution in [0.5, 0.6) is 0 Å². The number of hydrogen-bond donors (Lipinski definition) is 1. The molecule has 0 radical (unpaired) electrons. The van der Waals surface area contributed by atoms with Gasteiger partial charge in [-0.25, -0.2) is 0 Å². The molecule has 0 aliphatic carbocycles. The molecule has 2 N–H and O–H groups in total. The Kier molecular flexibility index (Phi) is 3.19. The summed E-state index contributed by atoms with van der Waals surface area (Å²) in [6, 6.07) is 0.196. The number of carbonyl (C=O) groups is 1. The highest BCUT2D eigenvalue weighted by Gasteiger charge is 2.31. The van der Waals surface area contributed by atoms with Crippen molar-refractivity contribution in [2.75, 3.05) is 13.1 Å². The maximum atomic E-state index is 12.5. The summed E-state index contributed by atoms with van der Waals surface area (Å²) in [7, 11) is 1.86. The van der Waals surface area contributed by atoms with Gasteiger partial charge in [0.15, 0.2) is 0 Å². The number of aromatic nitrogens is 2. The van der Waals surface area contributed by atoms with E-state index in [1.54, 1.807) is 4.68 Å². The van der Waals surface area contributed by atoms with E-state index in [1.807, 2.05) is 25.8 Å². The maximum Gasteiger partial charge on any atom is 0.257 e. The molecule has 1 aliphatic rings. The molecule has 2 rings (SSSR count). The second-order valence-corrected chi connectivity index (χ2v) is 4.70. The third-order valence-corrected chi connectivity index (χ3v) is 3.63. The van der Waals surface area contributed by atoms with Crippen LogP contribution in [-0.4, -0.2) is 39.7 Å². The first-order chi connectivity index (χ1) is 8.06. The molecular formula is C12H20N4O. The number of rotatable bonds is 2. The van der Waals surface area contributed by atoms with Crippen LogP contribution in [0, 0.1) is 13.8 Å². The number of nitrogens with two attached hydrogens (primary N) is 1. The molecule has 1 aromatic heterocycles. The van der Waals surface area contributed by atoms with Gasteiger partial charge < -0.3 is 10.6 Å². The van der Waals surface area contributed by atoms with E-state index in [1.165, 1.54) is 0 Å². The lowest BCUT2D eigenvalue weighted by Crippen LogP contribution is -2.40. The molecule has 1 unspecified atom stereocenters. The number of nitrogens with zero attached hydrogens (tertiary/aromatic N) is 3. The van der Waals surface area contributed by atoms with Gasteiger partial charge in [-0.1, -0.05) is 0 Å². The van der Waals surface area contributed by atoms with E-state index >= 15 is 0 Å². The normalized spacial score (nSPS) is 20.0. The topological polar surface area (TPSA) is 64.2 Å². The minimum Gasteiger partial charge on any atom is -0.334 e. The average Bonchev–Trinajstić information content (AvgIpc) is 2.84. The Morgan fingerprint density at radius 2 is 2.24 bits per heavy atom. The fourth-order valence-electron chi connectivity index (χ4n) is 2.57. The molecule has 0 bridgehead atoms. The van der Waals surface area contributed by atoms with Crippen LogP contribution in [0.25, 0.3) is 0 Å². The second-order valence-electron chi connectivity index (χ2n) is 4.70. The van der Waals surface area contributed by atoms with E-state index < -0.39 is 0 Å². The number of carbonyl (C=O) groups excluding carboxylic acids is 1. The third kappa shape index (κ3) is 1.95. The second kappa shape index (κ2) is 4.49. The fraction of sp³-hybridized carbons (Fsp3) is 0.667. The molecule has 1 saturated heterocycles. The van der Waals surface area contributed by atoms with Crippen LogP contribution in [-0.2, 0) is 7.05 Å². The Morgan fingerprint density at radius 3 is 2.76 bits per heavy atom. The van der Waals surface area contributed by atoms with Gasteiger partial charge in [-0.2, -0.15) is 5.10 Å². The van der Waals surface area contributed by atoms with Gasteiger partial charge in [0.2, 0.25) is 0 Å². The van der Waals surface area contributed by atoms with E-state index in [0.29, 0.717) is 6.54 Å². The Morgan fingerprint density at radius 1 is 1.53 bits per heavy atom. The number of aryl methyl sites for hydroxylation is 2. The van der Waals surface area contributed by atoms with Gasteiger partial charge in [-0.3, -0.25) is 9.48 Å². The number of likely N-dealkylation sites (tertiary alicyclic amines) is 1. The summed E-state index contributed by atoms with van der Waals surface area (Å²) in [6.45, 7) is 5.17. The maximum absolute atomic E-state index is 12.5. The van der Waals surface area contributed by atoms with Gasteiger partial charge in [0.05, 0.1) is 11.3 Å². The van der Waals surface area contributed by atoms with Crippen molar-refractivity contribution in [1.29, 1.82) is 0 Å². The number of hydrogen-bond acceptors (Lipinski definition) is 3. The lowest BCUT2D eigenvalue weighted by molar-refractivity contribution is 0.0739. The summed E-state index contributed by atoms with van der Waals surface area (Å²) < 4.78 is 1.76. The smallest absolute Gasteiger partial charge is 0.257 e. The Bertz CT molecular complexity index is 438. The van der Waals surface area contributed by atoms with Crippen molar-refractivity contribution < 1.29 is 4.79 Å². The highest BCUT2D eigenvalue weighted by atomic mass is 16.2. The Hall–Kier alpha value is -1.36.